The zero-order chi connectivity index (χ0) is 27.3. The summed E-state index contributed by atoms with van der Waals surface area (Å²) >= 11 is 0. The third-order valence-corrected chi connectivity index (χ3v) is 6.99. The lowest BCUT2D eigenvalue weighted by molar-refractivity contribution is -0.140. The van der Waals surface area contributed by atoms with Gasteiger partial charge in [0.15, 0.2) is 11.5 Å². The van der Waals surface area contributed by atoms with Crippen molar-refractivity contribution >= 4 is 5.82 Å². The molecule has 202 valence electrons. The van der Waals surface area contributed by atoms with Crippen LogP contribution >= 0.6 is 0 Å². The number of imidazole rings is 1. The van der Waals surface area contributed by atoms with Gasteiger partial charge in [-0.15, -0.1) is 0 Å². The fourth-order valence-electron chi connectivity index (χ4n) is 4.79. The normalized spacial score (nSPS) is 17.3. The van der Waals surface area contributed by atoms with Crippen LogP contribution in [0.4, 0.5) is 19.0 Å². The molecule has 0 N–H and O–H groups in total. The van der Waals surface area contributed by atoms with Gasteiger partial charge in [0, 0.05) is 43.0 Å². The number of benzene rings is 1. The molecular formula is C27H26F3N7O2. The highest BCUT2D eigenvalue weighted by molar-refractivity contribution is 5.68. The van der Waals surface area contributed by atoms with Crippen LogP contribution in [0.1, 0.15) is 48.2 Å². The topological polar surface area (TPSA) is 91.1 Å². The first-order chi connectivity index (χ1) is 18.7. The Morgan fingerprint density at radius 2 is 1.85 bits per heavy atom. The van der Waals surface area contributed by atoms with E-state index in [1.807, 2.05) is 24.0 Å². The minimum Gasteiger partial charge on any atom is -0.480 e. The van der Waals surface area contributed by atoms with E-state index in [0.717, 1.165) is 41.7 Å². The van der Waals surface area contributed by atoms with E-state index >= 15 is 0 Å². The van der Waals surface area contributed by atoms with Gasteiger partial charge in [0.2, 0.25) is 5.88 Å². The highest BCUT2D eigenvalue weighted by atomic mass is 19.4. The summed E-state index contributed by atoms with van der Waals surface area (Å²) in [5.74, 6) is 2.28. The third-order valence-electron chi connectivity index (χ3n) is 6.99. The zero-order valence-electron chi connectivity index (χ0n) is 21.6. The molecule has 4 aromatic rings. The Morgan fingerprint density at radius 1 is 1.08 bits per heavy atom. The maximum absolute atomic E-state index is 13.1. The van der Waals surface area contributed by atoms with Gasteiger partial charge in [0.25, 0.3) is 0 Å². The monoisotopic (exact) mass is 537 g/mol. The Labute approximate surface area is 222 Å². The molecule has 2 aliphatic rings. The largest absolute Gasteiger partial charge is 0.480 e. The molecule has 4 heterocycles. The lowest BCUT2D eigenvalue weighted by Crippen LogP contribution is -2.39. The van der Waals surface area contributed by atoms with Crippen LogP contribution in [0.5, 0.6) is 5.88 Å². The number of hydrogen-bond acceptors (Lipinski definition) is 8. The van der Waals surface area contributed by atoms with Gasteiger partial charge in [-0.25, -0.2) is 24.9 Å². The summed E-state index contributed by atoms with van der Waals surface area (Å²) in [6.45, 7) is 2.80. The van der Waals surface area contributed by atoms with Crippen molar-refractivity contribution in [3.8, 4) is 28.7 Å². The first-order valence-corrected chi connectivity index (χ1v) is 12.6. The zero-order valence-corrected chi connectivity index (χ0v) is 21.6. The van der Waals surface area contributed by atoms with Crippen molar-refractivity contribution < 1.29 is 22.6 Å². The predicted octanol–water partition coefficient (Wildman–Crippen LogP) is 5.12. The first kappa shape index (κ1) is 25.2. The fraction of sp³-hybridized carbons (Fsp3) is 0.370. The molecule has 0 radical (unpaired) electrons. The first-order valence-electron chi connectivity index (χ1n) is 12.6. The van der Waals surface area contributed by atoms with E-state index in [-0.39, 0.29) is 12.1 Å². The number of nitrogens with zero attached hydrogens (tertiary/aromatic N) is 7. The van der Waals surface area contributed by atoms with Crippen LogP contribution in [0.15, 0.2) is 43.0 Å². The van der Waals surface area contributed by atoms with Crippen LogP contribution in [0.2, 0.25) is 0 Å². The summed E-state index contributed by atoms with van der Waals surface area (Å²) in [5.41, 5.74) is 3.07. The molecule has 1 atom stereocenters. The number of halogens is 3. The van der Waals surface area contributed by atoms with Crippen LogP contribution in [0, 0.1) is 0 Å². The second kappa shape index (κ2) is 9.60. The minimum absolute atomic E-state index is 0.247. The van der Waals surface area contributed by atoms with Gasteiger partial charge in [-0.2, -0.15) is 13.2 Å². The summed E-state index contributed by atoms with van der Waals surface area (Å²) in [6, 6.07) is 7.29. The summed E-state index contributed by atoms with van der Waals surface area (Å²) in [7, 11) is 3.12. The number of rotatable bonds is 6. The van der Waals surface area contributed by atoms with E-state index in [1.54, 1.807) is 32.5 Å². The van der Waals surface area contributed by atoms with Crippen LogP contribution < -0.4 is 9.64 Å². The van der Waals surface area contributed by atoms with E-state index < -0.39 is 11.9 Å². The second-order valence-corrected chi connectivity index (χ2v) is 9.75. The SMILES string of the molecule is COc1ncnc(C2CC2)c1-c1ncc2c(n1)N(Cc1ccc(-c3nc(C(F)(F)F)cn3C)cc1)C(C)OC2. The van der Waals surface area contributed by atoms with Crippen molar-refractivity contribution in [1.82, 2.24) is 29.5 Å². The standard InChI is InChI=1S/C27H26F3N7O2/c1-15-37(11-16-4-6-18(7-5-16)24-34-20(12-36(24)2)27(28,29)30)25-19(13-39-15)10-31-23(35-25)21-22(17-8-9-17)32-14-33-26(21)38-3/h4-7,10,12,14-15,17H,8-9,11,13H2,1-3H3. The van der Waals surface area contributed by atoms with Crippen molar-refractivity contribution in [1.29, 1.82) is 0 Å². The Kier molecular flexibility index (Phi) is 6.21. The van der Waals surface area contributed by atoms with Crippen LogP contribution in [0.25, 0.3) is 22.8 Å². The number of methoxy groups -OCH3 is 1. The third kappa shape index (κ3) is 4.80. The number of aromatic nitrogens is 6. The molecule has 9 nitrogen and oxygen atoms in total. The van der Waals surface area contributed by atoms with Gasteiger partial charge in [-0.3, -0.25) is 0 Å². The molecule has 1 aromatic carbocycles. The molecule has 39 heavy (non-hydrogen) atoms. The van der Waals surface area contributed by atoms with E-state index in [1.165, 1.54) is 10.9 Å². The molecular weight excluding hydrogens is 511 g/mol. The van der Waals surface area contributed by atoms with Crippen molar-refractivity contribution in [2.24, 2.45) is 7.05 Å². The van der Waals surface area contributed by atoms with E-state index in [2.05, 4.69) is 19.9 Å². The maximum Gasteiger partial charge on any atom is 0.434 e. The summed E-state index contributed by atoms with van der Waals surface area (Å²) in [6.07, 6.45) is 1.62. The molecule has 0 amide bonds. The van der Waals surface area contributed by atoms with Crippen LogP contribution in [-0.4, -0.2) is 42.8 Å². The Hall–Kier alpha value is -4.06. The highest BCUT2D eigenvalue weighted by Gasteiger charge is 2.35. The quantitative estimate of drug-likeness (QED) is 0.335. The van der Waals surface area contributed by atoms with Crippen molar-refractivity contribution in [3.63, 3.8) is 0 Å². The fourth-order valence-corrected chi connectivity index (χ4v) is 4.79. The summed E-state index contributed by atoms with van der Waals surface area (Å²) in [4.78, 5) is 24.2. The lowest BCUT2D eigenvalue weighted by atomic mass is 10.1. The number of alkyl halides is 3. The van der Waals surface area contributed by atoms with Gasteiger partial charge < -0.3 is 18.9 Å². The average Bonchev–Trinajstić information content (AvgIpc) is 3.70. The highest BCUT2D eigenvalue weighted by Crippen LogP contribution is 2.45. The van der Waals surface area contributed by atoms with Gasteiger partial charge in [-0.05, 0) is 25.3 Å². The number of fused-ring (bicyclic) bond motifs is 1. The molecule has 0 spiro atoms. The molecule has 6 rings (SSSR count). The Morgan fingerprint density at radius 3 is 2.51 bits per heavy atom. The van der Waals surface area contributed by atoms with Gasteiger partial charge in [0.05, 0.1) is 19.4 Å². The number of hydrogen-bond donors (Lipinski definition) is 0. The molecule has 1 aliphatic heterocycles. The molecule has 3 aromatic heterocycles. The van der Waals surface area contributed by atoms with E-state index in [4.69, 9.17) is 14.5 Å². The van der Waals surface area contributed by atoms with Crippen molar-refractivity contribution in [2.45, 2.75) is 51.2 Å². The molecule has 12 heteroatoms. The maximum atomic E-state index is 13.1. The molecule has 1 unspecified atom stereocenters. The van der Waals surface area contributed by atoms with Crippen molar-refractivity contribution in [2.75, 3.05) is 12.0 Å². The van der Waals surface area contributed by atoms with Crippen LogP contribution in [0.3, 0.4) is 0 Å². The molecule has 1 aliphatic carbocycles. The molecule has 0 saturated heterocycles. The van der Waals surface area contributed by atoms with E-state index in [0.29, 0.717) is 41.9 Å². The Bertz CT molecular complexity index is 1520. The lowest BCUT2D eigenvalue weighted by Gasteiger charge is -2.35. The predicted molar refractivity (Wildman–Crippen MR) is 136 cm³/mol. The second-order valence-electron chi connectivity index (χ2n) is 9.75. The number of aryl methyl sites for hydroxylation is 1. The minimum atomic E-state index is -4.50. The number of ether oxygens (including phenoxy) is 2. The molecule has 1 saturated carbocycles. The van der Waals surface area contributed by atoms with Gasteiger partial charge >= 0.3 is 6.18 Å². The van der Waals surface area contributed by atoms with Gasteiger partial charge in [-0.1, -0.05) is 24.3 Å². The van der Waals surface area contributed by atoms with Crippen molar-refractivity contribution in [3.05, 3.63) is 65.5 Å². The Balaban J connectivity index is 1.31. The van der Waals surface area contributed by atoms with Crippen LogP contribution in [-0.2, 0) is 31.1 Å². The average molecular weight is 538 g/mol. The summed E-state index contributed by atoms with van der Waals surface area (Å²) < 4.78 is 52.2. The van der Waals surface area contributed by atoms with Gasteiger partial charge in [0.1, 0.15) is 29.8 Å². The smallest absolute Gasteiger partial charge is 0.434 e. The summed E-state index contributed by atoms with van der Waals surface area (Å²) in [5, 5.41) is 0. The molecule has 0 bridgehead atoms. The number of anilines is 1. The van der Waals surface area contributed by atoms with E-state index in [9.17, 15) is 13.2 Å². The molecule has 1 fully saturated rings.